The Kier molecular flexibility index (Phi) is 4.22. The maximum absolute atomic E-state index is 12.1. The van der Waals surface area contributed by atoms with E-state index in [0.717, 1.165) is 17.7 Å². The maximum Gasteiger partial charge on any atom is 0.228 e. The molecule has 2 unspecified atom stereocenters. The minimum absolute atomic E-state index is 0.0633. The van der Waals surface area contributed by atoms with E-state index >= 15 is 0 Å². The number of amides is 1. The zero-order valence-electron chi connectivity index (χ0n) is 10.2. The lowest BCUT2D eigenvalue weighted by Gasteiger charge is -2.26. The second-order valence-corrected chi connectivity index (χ2v) is 5.06. The predicted octanol–water partition coefficient (Wildman–Crippen LogP) is 1.02. The zero-order chi connectivity index (χ0) is 13.1. The van der Waals surface area contributed by atoms with Gasteiger partial charge >= 0.3 is 0 Å². The van der Waals surface area contributed by atoms with Crippen molar-refractivity contribution in [3.63, 3.8) is 0 Å². The highest BCUT2D eigenvalue weighted by atomic mass is 35.5. The summed E-state index contributed by atoms with van der Waals surface area (Å²) in [7, 11) is 0. The molecule has 0 aromatic heterocycles. The number of aliphatic hydroxyl groups excluding tert-OH is 1. The molecule has 4 nitrogen and oxygen atoms in total. The summed E-state index contributed by atoms with van der Waals surface area (Å²) >= 11 is 5.95. The van der Waals surface area contributed by atoms with E-state index in [9.17, 15) is 9.90 Å². The van der Waals surface area contributed by atoms with Gasteiger partial charge in [-0.25, -0.2) is 0 Å². The Morgan fingerprint density at radius 2 is 2.44 bits per heavy atom. The molecule has 0 bridgehead atoms. The van der Waals surface area contributed by atoms with Crippen LogP contribution in [0.2, 0.25) is 5.02 Å². The minimum Gasteiger partial charge on any atom is -0.392 e. The van der Waals surface area contributed by atoms with Crippen LogP contribution in [-0.2, 0) is 11.3 Å². The highest BCUT2D eigenvalue weighted by molar-refractivity contribution is 6.30. The second-order valence-electron chi connectivity index (χ2n) is 4.62. The first kappa shape index (κ1) is 13.3. The van der Waals surface area contributed by atoms with Crippen LogP contribution in [0, 0.1) is 0 Å². The van der Waals surface area contributed by atoms with Crippen molar-refractivity contribution in [1.82, 2.24) is 10.6 Å². The summed E-state index contributed by atoms with van der Waals surface area (Å²) in [6.45, 7) is 3.27. The van der Waals surface area contributed by atoms with Gasteiger partial charge in [0, 0.05) is 24.7 Å². The Bertz CT molecular complexity index is 449. The molecular weight excluding hydrogens is 252 g/mol. The van der Waals surface area contributed by atoms with Crippen LogP contribution in [0.1, 0.15) is 24.0 Å². The van der Waals surface area contributed by atoms with Crippen LogP contribution in [0.4, 0.5) is 0 Å². The average molecular weight is 269 g/mol. The molecule has 2 rings (SSSR count). The van der Waals surface area contributed by atoms with Crippen LogP contribution in [0.3, 0.4) is 0 Å². The number of halogens is 1. The van der Waals surface area contributed by atoms with Crippen molar-refractivity contribution < 1.29 is 9.90 Å². The fourth-order valence-electron chi connectivity index (χ4n) is 2.13. The lowest BCUT2D eigenvalue weighted by molar-refractivity contribution is -0.123. The van der Waals surface area contributed by atoms with Gasteiger partial charge in [0.1, 0.15) is 0 Å². The number of aliphatic hydroxyl groups is 1. The van der Waals surface area contributed by atoms with E-state index in [2.05, 4.69) is 10.6 Å². The van der Waals surface area contributed by atoms with E-state index in [1.54, 1.807) is 13.0 Å². The number of carbonyl (C=O) groups is 1. The molecule has 3 N–H and O–H groups in total. The third-order valence-corrected chi connectivity index (χ3v) is 3.27. The molecule has 1 aliphatic heterocycles. The second kappa shape index (κ2) is 5.69. The quantitative estimate of drug-likeness (QED) is 0.767. The molecule has 1 aromatic rings. The van der Waals surface area contributed by atoms with Gasteiger partial charge in [-0.05, 0) is 30.2 Å². The van der Waals surface area contributed by atoms with Gasteiger partial charge in [-0.2, -0.15) is 0 Å². The molecule has 1 amide bonds. The summed E-state index contributed by atoms with van der Waals surface area (Å²) in [6, 6.07) is 5.60. The van der Waals surface area contributed by atoms with Crippen LogP contribution >= 0.6 is 11.6 Å². The number of carbonyl (C=O) groups excluding carboxylic acids is 1. The Labute approximate surface area is 111 Å². The normalized spacial score (nSPS) is 20.1. The smallest absolute Gasteiger partial charge is 0.228 e. The molecule has 0 fully saturated rings. The SMILES string of the molecule is CC(O)CNC(=O)C1CNCc2cc(Cl)ccc21. The van der Waals surface area contributed by atoms with E-state index in [0.29, 0.717) is 11.6 Å². The van der Waals surface area contributed by atoms with Gasteiger partial charge in [-0.3, -0.25) is 4.79 Å². The summed E-state index contributed by atoms with van der Waals surface area (Å²) in [5.74, 6) is -0.281. The molecule has 2 atom stereocenters. The topological polar surface area (TPSA) is 61.4 Å². The standard InChI is InChI=1S/C13H17ClN2O2/c1-8(17)5-16-13(18)12-7-15-6-9-4-10(14)2-3-11(9)12/h2-4,8,12,15,17H,5-7H2,1H3,(H,16,18). The Balaban J connectivity index is 2.14. The van der Waals surface area contributed by atoms with Gasteiger partial charge in [0.05, 0.1) is 12.0 Å². The highest BCUT2D eigenvalue weighted by Crippen LogP contribution is 2.26. The summed E-state index contributed by atoms with van der Waals surface area (Å²) in [6.07, 6.45) is -0.532. The van der Waals surface area contributed by atoms with E-state index in [1.807, 2.05) is 12.1 Å². The Morgan fingerprint density at radius 1 is 1.67 bits per heavy atom. The third kappa shape index (κ3) is 3.02. The van der Waals surface area contributed by atoms with Gasteiger partial charge < -0.3 is 15.7 Å². The molecule has 0 saturated carbocycles. The molecule has 98 valence electrons. The molecule has 0 aliphatic carbocycles. The average Bonchev–Trinajstić information content (AvgIpc) is 2.34. The summed E-state index contributed by atoms with van der Waals surface area (Å²) in [5, 5.41) is 15.8. The maximum atomic E-state index is 12.1. The van der Waals surface area contributed by atoms with E-state index in [1.165, 1.54) is 0 Å². The van der Waals surface area contributed by atoms with Crippen molar-refractivity contribution in [2.45, 2.75) is 25.5 Å². The number of benzene rings is 1. The van der Waals surface area contributed by atoms with Gasteiger partial charge in [0.25, 0.3) is 0 Å². The van der Waals surface area contributed by atoms with E-state index in [4.69, 9.17) is 11.6 Å². The first-order valence-corrected chi connectivity index (χ1v) is 6.40. The summed E-state index contributed by atoms with van der Waals surface area (Å²) < 4.78 is 0. The van der Waals surface area contributed by atoms with E-state index < -0.39 is 6.10 Å². The van der Waals surface area contributed by atoms with Gasteiger partial charge in [-0.1, -0.05) is 17.7 Å². The molecule has 1 aliphatic rings. The molecule has 5 heteroatoms. The molecule has 1 aromatic carbocycles. The first-order chi connectivity index (χ1) is 8.58. The van der Waals surface area contributed by atoms with Crippen molar-refractivity contribution in [2.75, 3.05) is 13.1 Å². The summed E-state index contributed by atoms with van der Waals surface area (Å²) in [5.41, 5.74) is 2.08. The number of fused-ring (bicyclic) bond motifs is 1. The number of rotatable bonds is 3. The van der Waals surface area contributed by atoms with E-state index in [-0.39, 0.29) is 18.4 Å². The fourth-order valence-corrected chi connectivity index (χ4v) is 2.33. The molecular formula is C13H17ClN2O2. The first-order valence-electron chi connectivity index (χ1n) is 6.02. The lowest BCUT2D eigenvalue weighted by atomic mass is 9.90. The molecule has 18 heavy (non-hydrogen) atoms. The molecule has 0 radical (unpaired) electrons. The van der Waals surface area contributed by atoms with Crippen LogP contribution in [0.25, 0.3) is 0 Å². The summed E-state index contributed by atoms with van der Waals surface area (Å²) in [4.78, 5) is 12.1. The molecule has 0 spiro atoms. The number of hydrogen-bond donors (Lipinski definition) is 3. The van der Waals surface area contributed by atoms with Crippen molar-refractivity contribution >= 4 is 17.5 Å². The fraction of sp³-hybridized carbons (Fsp3) is 0.462. The molecule has 0 saturated heterocycles. The van der Waals surface area contributed by atoms with Crippen molar-refractivity contribution in [1.29, 1.82) is 0 Å². The van der Waals surface area contributed by atoms with Crippen molar-refractivity contribution in [2.24, 2.45) is 0 Å². The van der Waals surface area contributed by atoms with Crippen LogP contribution in [-0.4, -0.2) is 30.2 Å². The van der Waals surface area contributed by atoms with Crippen LogP contribution in [0.5, 0.6) is 0 Å². The highest BCUT2D eigenvalue weighted by Gasteiger charge is 2.26. The van der Waals surface area contributed by atoms with Crippen molar-refractivity contribution in [3.8, 4) is 0 Å². The number of hydrogen-bond acceptors (Lipinski definition) is 3. The zero-order valence-corrected chi connectivity index (χ0v) is 11.0. The van der Waals surface area contributed by atoms with Crippen LogP contribution in [0.15, 0.2) is 18.2 Å². The third-order valence-electron chi connectivity index (χ3n) is 3.03. The molecule has 1 heterocycles. The minimum atomic E-state index is -0.532. The lowest BCUT2D eigenvalue weighted by Crippen LogP contribution is -2.41. The van der Waals surface area contributed by atoms with Gasteiger partial charge in [0.15, 0.2) is 0 Å². The monoisotopic (exact) mass is 268 g/mol. The Morgan fingerprint density at radius 3 is 3.17 bits per heavy atom. The van der Waals surface area contributed by atoms with Crippen LogP contribution < -0.4 is 10.6 Å². The predicted molar refractivity (Wildman–Crippen MR) is 70.6 cm³/mol. The van der Waals surface area contributed by atoms with Gasteiger partial charge in [0.2, 0.25) is 5.91 Å². The van der Waals surface area contributed by atoms with Crippen molar-refractivity contribution in [3.05, 3.63) is 34.3 Å². The van der Waals surface area contributed by atoms with Gasteiger partial charge in [-0.15, -0.1) is 0 Å². The Hall–Kier alpha value is -1.10. The number of nitrogens with one attached hydrogen (secondary N) is 2. The largest absolute Gasteiger partial charge is 0.392 e.